The van der Waals surface area contributed by atoms with Gasteiger partial charge >= 0.3 is 0 Å². The van der Waals surface area contributed by atoms with Gasteiger partial charge in [-0.05, 0) is 43.0 Å². The molecule has 3 rings (SSSR count). The molecule has 0 aliphatic carbocycles. The van der Waals surface area contributed by atoms with Crippen LogP contribution in [-0.4, -0.2) is 24.0 Å². The Hall–Kier alpha value is -1.88. The molecule has 1 fully saturated rings. The molecule has 1 aromatic carbocycles. The maximum absolute atomic E-state index is 12.1. The Labute approximate surface area is 145 Å². The predicted molar refractivity (Wildman–Crippen MR) is 96.8 cm³/mol. The molecular formula is C18H20BrN3O. The topological polar surface area (TPSA) is 45.2 Å². The Morgan fingerprint density at radius 2 is 1.96 bits per heavy atom. The fourth-order valence-electron chi connectivity index (χ4n) is 2.77. The second kappa shape index (κ2) is 7.59. The van der Waals surface area contributed by atoms with Crippen LogP contribution >= 0.6 is 15.9 Å². The normalized spacial score (nSPS) is 14.0. The van der Waals surface area contributed by atoms with E-state index in [-0.39, 0.29) is 5.91 Å². The van der Waals surface area contributed by atoms with Gasteiger partial charge in [-0.25, -0.2) is 4.98 Å². The van der Waals surface area contributed by atoms with Crippen molar-refractivity contribution in [2.75, 3.05) is 23.3 Å². The average molecular weight is 374 g/mol. The van der Waals surface area contributed by atoms with Crippen molar-refractivity contribution in [1.29, 1.82) is 0 Å². The van der Waals surface area contributed by atoms with Crippen LogP contribution in [0.1, 0.15) is 24.8 Å². The summed E-state index contributed by atoms with van der Waals surface area (Å²) in [5, 5.41) is 2.91. The maximum Gasteiger partial charge on any atom is 0.224 e. The van der Waals surface area contributed by atoms with Gasteiger partial charge in [-0.15, -0.1) is 0 Å². The SMILES string of the molecule is O=C(CCc1ccccc1Br)Nc1ccc(N2CCCC2)nc1. The molecule has 1 aliphatic rings. The van der Waals surface area contributed by atoms with Crippen molar-refractivity contribution in [3.63, 3.8) is 0 Å². The number of aromatic nitrogens is 1. The van der Waals surface area contributed by atoms with Gasteiger partial charge in [0.25, 0.3) is 0 Å². The van der Waals surface area contributed by atoms with Gasteiger partial charge in [0, 0.05) is 24.0 Å². The maximum atomic E-state index is 12.1. The van der Waals surface area contributed by atoms with Crippen LogP contribution in [-0.2, 0) is 11.2 Å². The van der Waals surface area contributed by atoms with Crippen LogP contribution in [0.15, 0.2) is 47.1 Å². The molecule has 1 N–H and O–H groups in total. The first-order chi connectivity index (χ1) is 11.2. The fraction of sp³-hybridized carbons (Fsp3) is 0.333. The summed E-state index contributed by atoms with van der Waals surface area (Å²) in [4.78, 5) is 18.8. The minimum absolute atomic E-state index is 0.0106. The summed E-state index contributed by atoms with van der Waals surface area (Å²) in [7, 11) is 0. The Bertz CT molecular complexity index is 666. The summed E-state index contributed by atoms with van der Waals surface area (Å²) in [5.41, 5.74) is 1.90. The van der Waals surface area contributed by atoms with Crippen molar-refractivity contribution in [3.8, 4) is 0 Å². The van der Waals surface area contributed by atoms with Crippen LogP contribution in [0.25, 0.3) is 0 Å². The van der Waals surface area contributed by atoms with E-state index in [1.54, 1.807) is 6.20 Å². The first kappa shape index (κ1) is 16.0. The molecule has 4 nitrogen and oxygen atoms in total. The van der Waals surface area contributed by atoms with Crippen molar-refractivity contribution < 1.29 is 4.79 Å². The quantitative estimate of drug-likeness (QED) is 0.860. The summed E-state index contributed by atoms with van der Waals surface area (Å²) < 4.78 is 1.05. The summed E-state index contributed by atoms with van der Waals surface area (Å²) in [6, 6.07) is 11.9. The first-order valence-electron chi connectivity index (χ1n) is 7.96. The van der Waals surface area contributed by atoms with E-state index in [1.165, 1.54) is 12.8 Å². The van der Waals surface area contributed by atoms with Gasteiger partial charge in [-0.1, -0.05) is 34.1 Å². The molecule has 1 aliphatic heterocycles. The van der Waals surface area contributed by atoms with Gasteiger partial charge in [-0.2, -0.15) is 0 Å². The molecule has 0 radical (unpaired) electrons. The van der Waals surface area contributed by atoms with Crippen LogP contribution in [0.5, 0.6) is 0 Å². The zero-order valence-corrected chi connectivity index (χ0v) is 14.6. The molecule has 0 saturated carbocycles. The summed E-state index contributed by atoms with van der Waals surface area (Å²) in [5.74, 6) is 1.00. The average Bonchev–Trinajstić information content (AvgIpc) is 3.09. The Balaban J connectivity index is 1.52. The van der Waals surface area contributed by atoms with Gasteiger partial charge in [-0.3, -0.25) is 4.79 Å². The number of anilines is 2. The highest BCUT2D eigenvalue weighted by molar-refractivity contribution is 9.10. The standard InChI is InChI=1S/C18H20BrN3O/c19-16-6-2-1-5-14(16)7-10-18(23)21-15-8-9-17(20-13-15)22-11-3-4-12-22/h1-2,5-6,8-9,13H,3-4,7,10-12H2,(H,21,23). The van der Waals surface area contributed by atoms with Gasteiger partial charge in [0.15, 0.2) is 0 Å². The number of halogens is 1. The van der Waals surface area contributed by atoms with Crippen LogP contribution < -0.4 is 10.2 Å². The van der Waals surface area contributed by atoms with Crippen molar-refractivity contribution in [2.45, 2.75) is 25.7 Å². The van der Waals surface area contributed by atoms with Crippen molar-refractivity contribution in [2.24, 2.45) is 0 Å². The monoisotopic (exact) mass is 373 g/mol. The Kier molecular flexibility index (Phi) is 5.28. The van der Waals surface area contributed by atoms with Crippen LogP contribution in [0.3, 0.4) is 0 Å². The zero-order chi connectivity index (χ0) is 16.1. The van der Waals surface area contributed by atoms with E-state index >= 15 is 0 Å². The predicted octanol–water partition coefficient (Wildman–Crippen LogP) is 4.02. The highest BCUT2D eigenvalue weighted by Gasteiger charge is 2.13. The van der Waals surface area contributed by atoms with Gasteiger partial charge in [0.05, 0.1) is 11.9 Å². The molecule has 1 saturated heterocycles. The lowest BCUT2D eigenvalue weighted by Gasteiger charge is -2.16. The number of hydrogen-bond donors (Lipinski definition) is 1. The molecule has 0 unspecified atom stereocenters. The summed E-state index contributed by atoms with van der Waals surface area (Å²) in [6.07, 6.45) is 5.37. The first-order valence-corrected chi connectivity index (χ1v) is 8.76. The molecule has 23 heavy (non-hydrogen) atoms. The third-order valence-corrected chi connectivity index (χ3v) is 4.81. The number of carbonyl (C=O) groups excluding carboxylic acids is 1. The van der Waals surface area contributed by atoms with Crippen molar-refractivity contribution in [3.05, 3.63) is 52.6 Å². The molecule has 2 heterocycles. The minimum Gasteiger partial charge on any atom is -0.357 e. The summed E-state index contributed by atoms with van der Waals surface area (Å²) in [6.45, 7) is 2.15. The Morgan fingerprint density at radius 3 is 2.65 bits per heavy atom. The van der Waals surface area contributed by atoms with Crippen LogP contribution in [0.4, 0.5) is 11.5 Å². The highest BCUT2D eigenvalue weighted by atomic mass is 79.9. The zero-order valence-electron chi connectivity index (χ0n) is 13.0. The smallest absolute Gasteiger partial charge is 0.224 e. The van der Waals surface area contributed by atoms with E-state index in [1.807, 2.05) is 36.4 Å². The number of amides is 1. The van der Waals surface area contributed by atoms with Gasteiger partial charge in [0.2, 0.25) is 5.91 Å². The van der Waals surface area contributed by atoms with E-state index in [2.05, 4.69) is 31.1 Å². The molecule has 120 valence electrons. The number of pyridine rings is 1. The fourth-order valence-corrected chi connectivity index (χ4v) is 3.25. The van der Waals surface area contributed by atoms with Crippen molar-refractivity contribution >= 4 is 33.3 Å². The van der Waals surface area contributed by atoms with Crippen LogP contribution in [0.2, 0.25) is 0 Å². The number of carbonyl (C=O) groups is 1. The molecule has 2 aromatic rings. The number of rotatable bonds is 5. The second-order valence-corrected chi connectivity index (χ2v) is 6.59. The van der Waals surface area contributed by atoms with E-state index in [9.17, 15) is 4.79 Å². The number of nitrogens with zero attached hydrogens (tertiary/aromatic N) is 2. The lowest BCUT2D eigenvalue weighted by Crippen LogP contribution is -2.19. The molecule has 1 aromatic heterocycles. The number of nitrogens with one attached hydrogen (secondary N) is 1. The molecule has 0 atom stereocenters. The summed E-state index contributed by atoms with van der Waals surface area (Å²) >= 11 is 3.51. The van der Waals surface area contributed by atoms with Crippen LogP contribution in [0, 0.1) is 0 Å². The number of benzene rings is 1. The second-order valence-electron chi connectivity index (χ2n) is 5.74. The van der Waals surface area contributed by atoms with Gasteiger partial charge in [0.1, 0.15) is 5.82 Å². The molecule has 0 spiro atoms. The van der Waals surface area contributed by atoms with E-state index in [0.29, 0.717) is 12.8 Å². The third kappa shape index (κ3) is 4.32. The van der Waals surface area contributed by atoms with Crippen molar-refractivity contribution in [1.82, 2.24) is 4.98 Å². The van der Waals surface area contributed by atoms with E-state index in [4.69, 9.17) is 0 Å². The van der Waals surface area contributed by atoms with Gasteiger partial charge < -0.3 is 10.2 Å². The largest absolute Gasteiger partial charge is 0.357 e. The Morgan fingerprint density at radius 1 is 1.17 bits per heavy atom. The minimum atomic E-state index is 0.0106. The molecule has 5 heteroatoms. The number of hydrogen-bond acceptors (Lipinski definition) is 3. The molecular weight excluding hydrogens is 354 g/mol. The lowest BCUT2D eigenvalue weighted by atomic mass is 10.1. The third-order valence-electron chi connectivity index (χ3n) is 4.04. The highest BCUT2D eigenvalue weighted by Crippen LogP contribution is 2.20. The molecule has 1 amide bonds. The molecule has 0 bridgehead atoms. The van der Waals surface area contributed by atoms with E-state index < -0.39 is 0 Å². The van der Waals surface area contributed by atoms with E-state index in [0.717, 1.165) is 34.6 Å². The number of aryl methyl sites for hydroxylation is 1. The lowest BCUT2D eigenvalue weighted by molar-refractivity contribution is -0.116.